The number of allylic oxidation sites excluding steroid dienone is 1. The molecule has 1 aromatic carbocycles. The predicted octanol–water partition coefficient (Wildman–Crippen LogP) is 5.97. The van der Waals surface area contributed by atoms with Crippen LogP contribution in [0.4, 0.5) is 0 Å². The summed E-state index contributed by atoms with van der Waals surface area (Å²) < 4.78 is 5.60. The molecule has 2 rings (SSSR count). The van der Waals surface area contributed by atoms with Gasteiger partial charge in [0.2, 0.25) is 5.88 Å². The molecule has 25 heavy (non-hydrogen) atoms. The van der Waals surface area contributed by atoms with E-state index in [-0.39, 0.29) is 5.92 Å². The van der Waals surface area contributed by atoms with Crippen LogP contribution in [-0.2, 0) is 4.74 Å². The summed E-state index contributed by atoms with van der Waals surface area (Å²) in [6, 6.07) is 7.74. The number of hydrogen-bond acceptors (Lipinski definition) is 4. The van der Waals surface area contributed by atoms with E-state index in [2.05, 4.69) is 18.8 Å². The first-order chi connectivity index (χ1) is 12.1. The van der Waals surface area contributed by atoms with Crippen LogP contribution in [0, 0.1) is 5.92 Å². The van der Waals surface area contributed by atoms with Crippen LogP contribution < -0.4 is 0 Å². The van der Waals surface area contributed by atoms with Gasteiger partial charge < -0.3 is 4.74 Å². The lowest BCUT2D eigenvalue weighted by Gasteiger charge is -2.24. The van der Waals surface area contributed by atoms with Crippen molar-refractivity contribution in [3.63, 3.8) is 0 Å². The summed E-state index contributed by atoms with van der Waals surface area (Å²) in [6.45, 7) is 15.2. The van der Waals surface area contributed by atoms with Gasteiger partial charge in [0.15, 0.2) is 0 Å². The second-order valence-electron chi connectivity index (χ2n) is 4.93. The molecule has 0 atom stereocenters. The van der Waals surface area contributed by atoms with Gasteiger partial charge in [-0.15, -0.1) is 0 Å². The summed E-state index contributed by atoms with van der Waals surface area (Å²) in [7, 11) is 0. The highest BCUT2D eigenvalue weighted by atomic mass is 35.5. The molecule has 0 unspecified atom stereocenters. The van der Waals surface area contributed by atoms with E-state index in [9.17, 15) is 0 Å². The molecule has 1 aromatic rings. The minimum absolute atomic E-state index is 0.235. The minimum Gasteiger partial charge on any atom is -0.478 e. The molecular weight excluding hydrogens is 334 g/mol. The number of benzene rings is 1. The molecule has 0 aliphatic carbocycles. The van der Waals surface area contributed by atoms with Crippen LogP contribution in [0.15, 0.2) is 46.3 Å². The first-order valence-corrected chi connectivity index (χ1v) is 9.45. The largest absolute Gasteiger partial charge is 0.478 e. The number of rotatable bonds is 5. The molecule has 1 aliphatic heterocycles. The second kappa shape index (κ2) is 13.5. The predicted molar refractivity (Wildman–Crippen MR) is 110 cm³/mol. The summed E-state index contributed by atoms with van der Waals surface area (Å²) >= 11 is 6.30. The fourth-order valence-electron chi connectivity index (χ4n) is 2.03. The third kappa shape index (κ3) is 7.30. The van der Waals surface area contributed by atoms with Crippen LogP contribution in [0.25, 0.3) is 0 Å². The van der Waals surface area contributed by atoms with Crippen LogP contribution in [0.2, 0.25) is 5.02 Å². The smallest absolute Gasteiger partial charge is 0.213 e. The Bertz CT molecular complexity index is 580. The van der Waals surface area contributed by atoms with Crippen LogP contribution >= 0.6 is 11.6 Å². The van der Waals surface area contributed by atoms with Gasteiger partial charge in [-0.25, -0.2) is 5.01 Å². The van der Waals surface area contributed by atoms with E-state index in [0.29, 0.717) is 24.2 Å². The number of hydrazone groups is 1. The van der Waals surface area contributed by atoms with Gasteiger partial charge in [0.25, 0.3) is 0 Å². The zero-order chi connectivity index (χ0) is 19.2. The fraction of sp³-hybridized carbons (Fsp3) is 0.500. The Hall–Kier alpha value is -1.81. The lowest BCUT2D eigenvalue weighted by atomic mass is 10.0. The van der Waals surface area contributed by atoms with Crippen molar-refractivity contribution in [2.45, 2.75) is 48.5 Å². The van der Waals surface area contributed by atoms with E-state index in [1.54, 1.807) is 11.2 Å². The molecule has 5 heteroatoms. The van der Waals surface area contributed by atoms with E-state index in [4.69, 9.17) is 21.4 Å². The Balaban J connectivity index is 0.00000134. The van der Waals surface area contributed by atoms with Gasteiger partial charge in [-0.05, 0) is 18.9 Å². The highest BCUT2D eigenvalue weighted by molar-refractivity contribution is 6.34. The van der Waals surface area contributed by atoms with Gasteiger partial charge in [-0.2, -0.15) is 5.10 Å². The molecule has 140 valence electrons. The van der Waals surface area contributed by atoms with E-state index in [1.807, 2.05) is 65.0 Å². The van der Waals surface area contributed by atoms with Gasteiger partial charge in [0.05, 0.1) is 12.3 Å². The van der Waals surface area contributed by atoms with Gasteiger partial charge in [0, 0.05) is 22.9 Å². The lowest BCUT2D eigenvalue weighted by Crippen LogP contribution is -2.25. The maximum absolute atomic E-state index is 6.30. The summed E-state index contributed by atoms with van der Waals surface area (Å²) in [5, 5.41) is 7.19. The number of nitrogens with zero attached hydrogens (tertiary/aromatic N) is 3. The Morgan fingerprint density at radius 3 is 2.44 bits per heavy atom. The Morgan fingerprint density at radius 1 is 1.24 bits per heavy atom. The topological polar surface area (TPSA) is 37.2 Å². The van der Waals surface area contributed by atoms with Crippen LogP contribution in [0.1, 0.15) is 54.0 Å². The molecule has 0 bridgehead atoms. The van der Waals surface area contributed by atoms with Gasteiger partial charge in [0.1, 0.15) is 6.67 Å². The van der Waals surface area contributed by atoms with Crippen molar-refractivity contribution in [3.8, 4) is 0 Å². The number of halogens is 1. The molecular formula is C20H32ClN3O. The first kappa shape index (κ1) is 23.2. The van der Waals surface area contributed by atoms with Gasteiger partial charge in [-0.3, -0.25) is 4.99 Å². The van der Waals surface area contributed by atoms with Crippen molar-refractivity contribution < 1.29 is 4.74 Å². The Labute approximate surface area is 158 Å². The molecule has 4 nitrogen and oxygen atoms in total. The molecule has 0 radical (unpaired) electrons. The van der Waals surface area contributed by atoms with E-state index >= 15 is 0 Å². The van der Waals surface area contributed by atoms with E-state index < -0.39 is 0 Å². The molecule has 0 spiro atoms. The zero-order valence-electron chi connectivity index (χ0n) is 16.6. The SMILES string of the molecule is CC.CC.CCOC1=CC=NCN1/N=C(/c1ccccc1Cl)C(C)C. The molecule has 1 aliphatic rings. The summed E-state index contributed by atoms with van der Waals surface area (Å²) in [4.78, 5) is 4.22. The van der Waals surface area contributed by atoms with Gasteiger partial charge in [-0.1, -0.05) is 71.3 Å². The quantitative estimate of drug-likeness (QED) is 0.602. The average molecular weight is 366 g/mol. The van der Waals surface area contributed by atoms with Crippen molar-refractivity contribution in [1.82, 2.24) is 5.01 Å². The molecule has 0 fully saturated rings. The summed E-state index contributed by atoms with van der Waals surface area (Å²) in [5.74, 6) is 0.941. The van der Waals surface area contributed by atoms with Crippen molar-refractivity contribution >= 4 is 23.5 Å². The van der Waals surface area contributed by atoms with E-state index in [0.717, 1.165) is 11.3 Å². The number of ether oxygens (including phenoxy) is 1. The number of aliphatic imine (C=N–C) groups is 1. The van der Waals surface area contributed by atoms with Crippen molar-refractivity contribution in [3.05, 3.63) is 46.8 Å². The minimum atomic E-state index is 0.235. The maximum Gasteiger partial charge on any atom is 0.213 e. The maximum atomic E-state index is 6.30. The highest BCUT2D eigenvalue weighted by Crippen LogP contribution is 2.21. The van der Waals surface area contributed by atoms with Crippen molar-refractivity contribution in [2.24, 2.45) is 16.0 Å². The average Bonchev–Trinajstić information content (AvgIpc) is 2.65. The molecule has 0 saturated heterocycles. The number of hydrogen-bond donors (Lipinski definition) is 0. The van der Waals surface area contributed by atoms with Crippen molar-refractivity contribution in [1.29, 1.82) is 0 Å². The van der Waals surface area contributed by atoms with Crippen molar-refractivity contribution in [2.75, 3.05) is 13.3 Å². The fourth-order valence-corrected chi connectivity index (χ4v) is 2.26. The highest BCUT2D eigenvalue weighted by Gasteiger charge is 2.17. The molecule has 0 aromatic heterocycles. The second-order valence-corrected chi connectivity index (χ2v) is 5.34. The Morgan fingerprint density at radius 2 is 1.88 bits per heavy atom. The normalized spacial score (nSPS) is 13.4. The standard InChI is InChI=1S/C16H20ClN3O.2C2H6/c1-4-21-15-9-10-18-11-20(15)19-16(12(2)3)13-7-5-6-8-14(13)17;2*1-2/h5-10,12H,4,11H2,1-3H3;2*1-2H3/b19-16+;;. The van der Waals surface area contributed by atoms with Crippen LogP contribution in [-0.4, -0.2) is 30.2 Å². The third-order valence-electron chi connectivity index (χ3n) is 3.01. The van der Waals surface area contributed by atoms with Gasteiger partial charge >= 0.3 is 0 Å². The lowest BCUT2D eigenvalue weighted by molar-refractivity contribution is 0.124. The summed E-state index contributed by atoms with van der Waals surface area (Å²) in [5.41, 5.74) is 1.86. The van der Waals surface area contributed by atoms with Crippen LogP contribution in [0.5, 0.6) is 0 Å². The molecule has 0 saturated carbocycles. The molecule has 0 amide bonds. The summed E-state index contributed by atoms with van der Waals surface area (Å²) in [6.07, 6.45) is 3.56. The molecule has 0 N–H and O–H groups in total. The Kier molecular flexibility index (Phi) is 12.5. The van der Waals surface area contributed by atoms with Crippen LogP contribution in [0.3, 0.4) is 0 Å². The first-order valence-electron chi connectivity index (χ1n) is 9.07. The molecule has 1 heterocycles. The zero-order valence-corrected chi connectivity index (χ0v) is 17.3. The monoisotopic (exact) mass is 365 g/mol. The third-order valence-corrected chi connectivity index (χ3v) is 3.34. The van der Waals surface area contributed by atoms with E-state index in [1.165, 1.54) is 0 Å².